The van der Waals surface area contributed by atoms with Crippen LogP contribution >= 0.6 is 0 Å². The van der Waals surface area contributed by atoms with Crippen molar-refractivity contribution in [2.24, 2.45) is 5.73 Å². The van der Waals surface area contributed by atoms with Gasteiger partial charge < -0.3 is 11.1 Å². The van der Waals surface area contributed by atoms with Crippen LogP contribution in [0.2, 0.25) is 0 Å². The molecule has 4 N–H and O–H groups in total. The lowest BCUT2D eigenvalue weighted by Crippen LogP contribution is -2.54. The second-order valence-electron chi connectivity index (χ2n) is 6.51. The summed E-state index contributed by atoms with van der Waals surface area (Å²) < 4.78 is 40.9. The van der Waals surface area contributed by atoms with E-state index >= 15 is 0 Å². The molecule has 1 fully saturated rings. The number of benzene rings is 1. The number of halogens is 3. The van der Waals surface area contributed by atoms with Crippen LogP contribution in [0.25, 0.3) is 0 Å². The van der Waals surface area contributed by atoms with Crippen LogP contribution < -0.4 is 11.1 Å². The van der Waals surface area contributed by atoms with E-state index in [0.717, 1.165) is 24.8 Å². The monoisotopic (exact) mass is 337 g/mol. The van der Waals surface area contributed by atoms with E-state index in [2.05, 4.69) is 20.4 Å². The SMILES string of the molecule is N[C@H]1C[C@@H](N2Cc3cn[nH]c3C2)CN[C@@H]1c1cc(F)cc(F)c1F. The molecule has 1 aromatic heterocycles. The molecule has 128 valence electrons. The van der Waals surface area contributed by atoms with Crippen molar-refractivity contribution in [3.63, 3.8) is 0 Å². The van der Waals surface area contributed by atoms with Crippen molar-refractivity contribution >= 4 is 0 Å². The number of nitrogens with two attached hydrogens (primary N) is 1. The number of nitrogens with zero attached hydrogens (tertiary/aromatic N) is 2. The minimum Gasteiger partial charge on any atom is -0.326 e. The van der Waals surface area contributed by atoms with Gasteiger partial charge in [-0.3, -0.25) is 10.00 Å². The first-order valence-corrected chi connectivity index (χ1v) is 7.91. The third kappa shape index (κ3) is 2.60. The Bertz CT molecular complexity index is 742. The summed E-state index contributed by atoms with van der Waals surface area (Å²) in [5.41, 5.74) is 8.42. The van der Waals surface area contributed by atoms with Crippen molar-refractivity contribution in [1.29, 1.82) is 0 Å². The number of hydrogen-bond donors (Lipinski definition) is 3. The second-order valence-corrected chi connectivity index (χ2v) is 6.51. The van der Waals surface area contributed by atoms with Crippen LogP contribution in [0.4, 0.5) is 13.2 Å². The van der Waals surface area contributed by atoms with Gasteiger partial charge in [0.25, 0.3) is 0 Å². The Kier molecular flexibility index (Phi) is 3.82. The molecular weight excluding hydrogens is 319 g/mol. The molecule has 5 nitrogen and oxygen atoms in total. The number of piperidine rings is 1. The van der Waals surface area contributed by atoms with Gasteiger partial charge in [-0.1, -0.05) is 0 Å². The molecule has 24 heavy (non-hydrogen) atoms. The highest BCUT2D eigenvalue weighted by Gasteiger charge is 2.36. The molecule has 0 bridgehead atoms. The van der Waals surface area contributed by atoms with Crippen LogP contribution in [0.3, 0.4) is 0 Å². The third-order valence-corrected chi connectivity index (χ3v) is 4.96. The van der Waals surface area contributed by atoms with Crippen molar-refractivity contribution in [3.05, 3.63) is 52.6 Å². The predicted molar refractivity (Wildman–Crippen MR) is 81.3 cm³/mol. The third-order valence-electron chi connectivity index (χ3n) is 4.96. The first-order chi connectivity index (χ1) is 11.5. The minimum atomic E-state index is -1.19. The van der Waals surface area contributed by atoms with Crippen LogP contribution in [0.15, 0.2) is 18.3 Å². The van der Waals surface area contributed by atoms with Gasteiger partial charge in [0.2, 0.25) is 0 Å². The largest absolute Gasteiger partial charge is 0.326 e. The van der Waals surface area contributed by atoms with Gasteiger partial charge >= 0.3 is 0 Å². The van der Waals surface area contributed by atoms with E-state index in [-0.39, 0.29) is 11.6 Å². The standard InChI is InChI=1S/C16H18F3N5/c17-9-1-11(15(19)12(18)2-9)16-13(20)3-10(5-21-16)24-6-8-4-22-23-14(8)7-24/h1-2,4,10,13,16,21H,3,5-7,20H2,(H,22,23)/t10-,13+,16-/m1/s1. The van der Waals surface area contributed by atoms with Crippen LogP contribution in [0.1, 0.15) is 29.3 Å². The quantitative estimate of drug-likeness (QED) is 0.728. The smallest absolute Gasteiger partial charge is 0.163 e. The molecule has 0 radical (unpaired) electrons. The summed E-state index contributed by atoms with van der Waals surface area (Å²) in [7, 11) is 0. The molecular formula is C16H18F3N5. The normalized spacial score (nSPS) is 27.4. The number of fused-ring (bicyclic) bond motifs is 1. The summed E-state index contributed by atoms with van der Waals surface area (Å²) in [6, 6.07) is 0.702. The molecule has 1 saturated heterocycles. The summed E-state index contributed by atoms with van der Waals surface area (Å²) in [5, 5.41) is 10.1. The molecule has 2 aliphatic rings. The van der Waals surface area contributed by atoms with Crippen LogP contribution in [0.5, 0.6) is 0 Å². The predicted octanol–water partition coefficient (Wildman–Crippen LogP) is 1.57. The molecule has 0 spiro atoms. The Hall–Kier alpha value is -1.90. The maximum atomic E-state index is 14.0. The van der Waals surface area contributed by atoms with E-state index in [1.165, 1.54) is 5.56 Å². The molecule has 0 amide bonds. The Balaban J connectivity index is 1.48. The van der Waals surface area contributed by atoms with E-state index in [4.69, 9.17) is 5.73 Å². The summed E-state index contributed by atoms with van der Waals surface area (Å²) in [5.74, 6) is -3.03. The number of aromatic amines is 1. The summed E-state index contributed by atoms with van der Waals surface area (Å²) in [4.78, 5) is 2.27. The van der Waals surface area contributed by atoms with Crippen LogP contribution in [-0.4, -0.2) is 33.7 Å². The average molecular weight is 337 g/mol. The highest BCUT2D eigenvalue weighted by Crippen LogP contribution is 2.31. The van der Waals surface area contributed by atoms with Crippen molar-refractivity contribution in [2.75, 3.05) is 6.54 Å². The molecule has 1 aromatic carbocycles. The summed E-state index contributed by atoms with van der Waals surface area (Å²) in [6.45, 7) is 2.13. The first-order valence-electron chi connectivity index (χ1n) is 7.91. The summed E-state index contributed by atoms with van der Waals surface area (Å²) >= 11 is 0. The number of hydrogen-bond acceptors (Lipinski definition) is 4. The van der Waals surface area contributed by atoms with Gasteiger partial charge in [0.15, 0.2) is 11.6 Å². The van der Waals surface area contributed by atoms with Gasteiger partial charge in [-0.15, -0.1) is 0 Å². The lowest BCUT2D eigenvalue weighted by atomic mass is 9.89. The number of H-pyrrole nitrogens is 1. The van der Waals surface area contributed by atoms with Crippen molar-refractivity contribution in [3.8, 4) is 0 Å². The molecule has 2 aromatic rings. The fraction of sp³-hybridized carbons (Fsp3) is 0.438. The van der Waals surface area contributed by atoms with Crippen molar-refractivity contribution in [2.45, 2.75) is 37.6 Å². The van der Waals surface area contributed by atoms with Gasteiger partial charge in [-0.2, -0.15) is 5.10 Å². The fourth-order valence-electron chi connectivity index (χ4n) is 3.72. The first kappa shape index (κ1) is 15.6. The Morgan fingerprint density at radius 2 is 2.04 bits per heavy atom. The minimum absolute atomic E-state index is 0.0470. The Labute approximate surface area is 137 Å². The summed E-state index contributed by atoms with van der Waals surface area (Å²) in [6.07, 6.45) is 2.44. The van der Waals surface area contributed by atoms with Gasteiger partial charge in [0.1, 0.15) is 5.82 Å². The van der Waals surface area contributed by atoms with Gasteiger partial charge in [-0.25, -0.2) is 13.2 Å². The topological polar surface area (TPSA) is 70.0 Å². The van der Waals surface area contributed by atoms with Gasteiger partial charge in [0, 0.05) is 48.9 Å². The Morgan fingerprint density at radius 1 is 1.21 bits per heavy atom. The Morgan fingerprint density at radius 3 is 2.79 bits per heavy atom. The van der Waals surface area contributed by atoms with E-state index < -0.39 is 29.5 Å². The highest BCUT2D eigenvalue weighted by molar-refractivity contribution is 5.26. The number of rotatable bonds is 2. The molecule has 0 aliphatic carbocycles. The number of nitrogens with one attached hydrogen (secondary N) is 2. The lowest BCUT2D eigenvalue weighted by Gasteiger charge is -2.39. The zero-order valence-corrected chi connectivity index (χ0v) is 12.9. The van der Waals surface area contributed by atoms with Crippen molar-refractivity contribution < 1.29 is 13.2 Å². The van der Waals surface area contributed by atoms with Crippen LogP contribution in [-0.2, 0) is 13.1 Å². The lowest BCUT2D eigenvalue weighted by molar-refractivity contribution is 0.137. The van der Waals surface area contributed by atoms with Crippen LogP contribution in [0, 0.1) is 17.5 Å². The van der Waals surface area contributed by atoms with E-state index in [1.54, 1.807) is 0 Å². The molecule has 0 saturated carbocycles. The zero-order chi connectivity index (χ0) is 16.8. The maximum Gasteiger partial charge on any atom is 0.163 e. The van der Waals surface area contributed by atoms with Gasteiger partial charge in [-0.05, 0) is 12.5 Å². The second kappa shape index (κ2) is 5.87. The number of aromatic nitrogens is 2. The molecule has 0 unspecified atom stereocenters. The molecule has 3 heterocycles. The van der Waals surface area contributed by atoms with Crippen molar-refractivity contribution in [1.82, 2.24) is 20.4 Å². The van der Waals surface area contributed by atoms with E-state index in [0.29, 0.717) is 19.0 Å². The van der Waals surface area contributed by atoms with Gasteiger partial charge in [0.05, 0.1) is 17.9 Å². The molecule has 8 heteroatoms. The maximum absolute atomic E-state index is 14.0. The molecule has 2 aliphatic heterocycles. The average Bonchev–Trinajstić information content (AvgIpc) is 3.12. The fourth-order valence-corrected chi connectivity index (χ4v) is 3.72. The van der Waals surface area contributed by atoms with E-state index in [1.807, 2.05) is 6.20 Å². The zero-order valence-electron chi connectivity index (χ0n) is 12.9. The highest BCUT2D eigenvalue weighted by atomic mass is 19.2. The molecule has 3 atom stereocenters. The van der Waals surface area contributed by atoms with E-state index in [9.17, 15) is 13.2 Å². The molecule has 4 rings (SSSR count).